The lowest BCUT2D eigenvalue weighted by Gasteiger charge is -2.09. The van der Waals surface area contributed by atoms with Gasteiger partial charge in [-0.3, -0.25) is 4.79 Å². The van der Waals surface area contributed by atoms with Crippen LogP contribution in [0.2, 0.25) is 0 Å². The standard InChI is InChI=1S/C17H17NO/c1-3-13-9-11-15(12-10-13)17(19)18-16-8-6-5-7-14(16)4-2/h3,5-12H,1,4H2,2H3,(H,18,19). The third kappa shape index (κ3) is 3.10. The summed E-state index contributed by atoms with van der Waals surface area (Å²) in [5.74, 6) is -0.0866. The summed E-state index contributed by atoms with van der Waals surface area (Å²) in [7, 11) is 0. The Morgan fingerprint density at radius 3 is 2.47 bits per heavy atom. The van der Waals surface area contributed by atoms with Crippen molar-refractivity contribution in [2.24, 2.45) is 0 Å². The number of hydrogen-bond donors (Lipinski definition) is 1. The molecule has 0 spiro atoms. The minimum Gasteiger partial charge on any atom is -0.322 e. The Hall–Kier alpha value is -2.35. The van der Waals surface area contributed by atoms with E-state index in [1.165, 1.54) is 0 Å². The summed E-state index contributed by atoms with van der Waals surface area (Å²) < 4.78 is 0. The number of rotatable bonds is 4. The fourth-order valence-electron chi connectivity index (χ4n) is 1.92. The third-order valence-electron chi connectivity index (χ3n) is 3.06. The van der Waals surface area contributed by atoms with Gasteiger partial charge in [0.1, 0.15) is 0 Å². The van der Waals surface area contributed by atoms with E-state index in [1.54, 1.807) is 18.2 Å². The van der Waals surface area contributed by atoms with Crippen LogP contribution in [0.15, 0.2) is 55.1 Å². The molecule has 0 aliphatic heterocycles. The molecule has 0 saturated carbocycles. The van der Waals surface area contributed by atoms with Gasteiger partial charge >= 0.3 is 0 Å². The highest BCUT2D eigenvalue weighted by Gasteiger charge is 2.07. The van der Waals surface area contributed by atoms with Crippen LogP contribution in [0, 0.1) is 0 Å². The van der Waals surface area contributed by atoms with Crippen LogP contribution >= 0.6 is 0 Å². The van der Waals surface area contributed by atoms with E-state index in [0.717, 1.165) is 23.2 Å². The second kappa shape index (κ2) is 6.01. The fraction of sp³-hybridized carbons (Fsp3) is 0.118. The van der Waals surface area contributed by atoms with Crippen molar-refractivity contribution < 1.29 is 4.79 Å². The first-order valence-corrected chi connectivity index (χ1v) is 6.36. The Labute approximate surface area is 113 Å². The first-order chi connectivity index (χ1) is 9.24. The molecule has 0 aliphatic rings. The molecule has 2 aromatic carbocycles. The maximum Gasteiger partial charge on any atom is 0.255 e. The van der Waals surface area contributed by atoms with Gasteiger partial charge in [0.05, 0.1) is 0 Å². The summed E-state index contributed by atoms with van der Waals surface area (Å²) in [5.41, 5.74) is 3.67. The summed E-state index contributed by atoms with van der Waals surface area (Å²) in [6, 6.07) is 15.2. The molecular weight excluding hydrogens is 234 g/mol. The first-order valence-electron chi connectivity index (χ1n) is 6.36. The predicted molar refractivity (Wildman–Crippen MR) is 80.3 cm³/mol. The quantitative estimate of drug-likeness (QED) is 0.869. The number of para-hydroxylation sites is 1. The third-order valence-corrected chi connectivity index (χ3v) is 3.06. The van der Waals surface area contributed by atoms with Crippen molar-refractivity contribution in [3.05, 3.63) is 71.8 Å². The molecule has 2 heteroatoms. The summed E-state index contributed by atoms with van der Waals surface area (Å²) in [6.07, 6.45) is 2.65. The number of hydrogen-bond acceptors (Lipinski definition) is 1. The van der Waals surface area contributed by atoms with Gasteiger partial charge in [-0.2, -0.15) is 0 Å². The molecule has 1 amide bonds. The van der Waals surface area contributed by atoms with Gasteiger partial charge in [0.2, 0.25) is 0 Å². The van der Waals surface area contributed by atoms with Crippen molar-refractivity contribution in [2.75, 3.05) is 5.32 Å². The van der Waals surface area contributed by atoms with Crippen LogP contribution in [-0.4, -0.2) is 5.91 Å². The Kier molecular flexibility index (Phi) is 4.14. The van der Waals surface area contributed by atoms with Crippen LogP contribution in [0.5, 0.6) is 0 Å². The van der Waals surface area contributed by atoms with Crippen LogP contribution in [0.3, 0.4) is 0 Å². The summed E-state index contributed by atoms with van der Waals surface area (Å²) in [4.78, 5) is 12.1. The zero-order valence-electron chi connectivity index (χ0n) is 11.0. The molecule has 2 rings (SSSR count). The number of nitrogens with one attached hydrogen (secondary N) is 1. The average molecular weight is 251 g/mol. The fourth-order valence-corrected chi connectivity index (χ4v) is 1.92. The summed E-state index contributed by atoms with van der Waals surface area (Å²) >= 11 is 0. The number of carbonyl (C=O) groups excluding carboxylic acids is 1. The van der Waals surface area contributed by atoms with E-state index in [4.69, 9.17) is 0 Å². The molecule has 0 atom stereocenters. The van der Waals surface area contributed by atoms with Gasteiger partial charge in [0.25, 0.3) is 5.91 Å². The van der Waals surface area contributed by atoms with Gasteiger partial charge in [-0.05, 0) is 35.7 Å². The zero-order valence-corrected chi connectivity index (χ0v) is 11.0. The Bertz CT molecular complexity index is 584. The molecule has 0 aromatic heterocycles. The molecule has 0 fully saturated rings. The van der Waals surface area contributed by atoms with Crippen molar-refractivity contribution in [3.8, 4) is 0 Å². The van der Waals surface area contributed by atoms with Crippen molar-refractivity contribution in [3.63, 3.8) is 0 Å². The predicted octanol–water partition coefficient (Wildman–Crippen LogP) is 4.14. The lowest BCUT2D eigenvalue weighted by Crippen LogP contribution is -2.13. The first kappa shape index (κ1) is 13.1. The number of amides is 1. The van der Waals surface area contributed by atoms with Gasteiger partial charge in [-0.25, -0.2) is 0 Å². The van der Waals surface area contributed by atoms with Crippen LogP contribution < -0.4 is 5.32 Å². The molecule has 0 unspecified atom stereocenters. The minimum atomic E-state index is -0.0866. The summed E-state index contributed by atoms with van der Waals surface area (Å²) in [6.45, 7) is 5.77. The molecule has 0 aliphatic carbocycles. The second-order valence-corrected chi connectivity index (χ2v) is 4.29. The molecular formula is C17H17NO. The van der Waals surface area contributed by atoms with E-state index in [1.807, 2.05) is 36.4 Å². The SMILES string of the molecule is C=Cc1ccc(C(=O)Nc2ccccc2CC)cc1. The molecule has 96 valence electrons. The number of carbonyl (C=O) groups is 1. The molecule has 0 heterocycles. The second-order valence-electron chi connectivity index (χ2n) is 4.29. The van der Waals surface area contributed by atoms with Gasteiger partial charge in [-0.1, -0.05) is 49.9 Å². The molecule has 0 bridgehead atoms. The Balaban J connectivity index is 2.18. The summed E-state index contributed by atoms with van der Waals surface area (Å²) in [5, 5.41) is 2.95. The Morgan fingerprint density at radius 2 is 1.84 bits per heavy atom. The zero-order chi connectivity index (χ0) is 13.7. The highest BCUT2D eigenvalue weighted by molar-refractivity contribution is 6.04. The van der Waals surface area contributed by atoms with Gasteiger partial charge in [0, 0.05) is 11.3 Å². The highest BCUT2D eigenvalue weighted by atomic mass is 16.1. The van der Waals surface area contributed by atoms with Crippen molar-refractivity contribution in [1.29, 1.82) is 0 Å². The molecule has 19 heavy (non-hydrogen) atoms. The average Bonchev–Trinajstić information content (AvgIpc) is 2.48. The maximum absolute atomic E-state index is 12.1. The number of anilines is 1. The van der Waals surface area contributed by atoms with Gasteiger partial charge in [-0.15, -0.1) is 0 Å². The van der Waals surface area contributed by atoms with E-state index >= 15 is 0 Å². The van der Waals surface area contributed by atoms with E-state index in [-0.39, 0.29) is 5.91 Å². The van der Waals surface area contributed by atoms with Gasteiger partial charge < -0.3 is 5.32 Å². The van der Waals surface area contributed by atoms with E-state index in [0.29, 0.717) is 5.56 Å². The van der Waals surface area contributed by atoms with Crippen molar-refractivity contribution >= 4 is 17.7 Å². The van der Waals surface area contributed by atoms with Gasteiger partial charge in [0.15, 0.2) is 0 Å². The lowest BCUT2D eigenvalue weighted by molar-refractivity contribution is 0.102. The van der Waals surface area contributed by atoms with Crippen LogP contribution in [0.1, 0.15) is 28.4 Å². The molecule has 0 radical (unpaired) electrons. The minimum absolute atomic E-state index is 0.0866. The van der Waals surface area contributed by atoms with E-state index in [2.05, 4.69) is 18.8 Å². The van der Waals surface area contributed by atoms with E-state index < -0.39 is 0 Å². The number of benzene rings is 2. The van der Waals surface area contributed by atoms with Crippen molar-refractivity contribution in [1.82, 2.24) is 0 Å². The van der Waals surface area contributed by atoms with Crippen molar-refractivity contribution in [2.45, 2.75) is 13.3 Å². The smallest absolute Gasteiger partial charge is 0.255 e. The Morgan fingerprint density at radius 1 is 1.16 bits per heavy atom. The molecule has 2 nitrogen and oxygen atoms in total. The topological polar surface area (TPSA) is 29.1 Å². The molecule has 2 aromatic rings. The molecule has 0 saturated heterocycles. The maximum atomic E-state index is 12.1. The van der Waals surface area contributed by atoms with Crippen LogP contribution in [0.4, 0.5) is 5.69 Å². The van der Waals surface area contributed by atoms with E-state index in [9.17, 15) is 4.79 Å². The number of aryl methyl sites for hydroxylation is 1. The largest absolute Gasteiger partial charge is 0.322 e. The molecule has 1 N–H and O–H groups in total. The van der Waals surface area contributed by atoms with Crippen LogP contribution in [0.25, 0.3) is 6.08 Å². The normalized spacial score (nSPS) is 9.95. The van der Waals surface area contributed by atoms with Crippen LogP contribution in [-0.2, 0) is 6.42 Å². The monoisotopic (exact) mass is 251 g/mol. The lowest BCUT2D eigenvalue weighted by atomic mass is 10.1. The highest BCUT2D eigenvalue weighted by Crippen LogP contribution is 2.17.